The maximum atomic E-state index is 9.99. The Hall–Kier alpha value is -2.64. The molecule has 0 bridgehead atoms. The van der Waals surface area contributed by atoms with Gasteiger partial charge in [-0.1, -0.05) is 16.8 Å². The Morgan fingerprint density at radius 1 is 1.23 bits per heavy atom. The van der Waals surface area contributed by atoms with Crippen molar-refractivity contribution in [1.82, 2.24) is 20.4 Å². The number of benzene rings is 1. The second-order valence-corrected chi connectivity index (χ2v) is 8.36. The lowest BCUT2D eigenvalue weighted by molar-refractivity contribution is 0.393. The summed E-state index contributed by atoms with van der Waals surface area (Å²) in [4.78, 5) is 9.62. The minimum atomic E-state index is 0.110. The Morgan fingerprint density at radius 3 is 2.73 bits per heavy atom. The molecule has 0 spiro atoms. The largest absolute Gasteiger partial charge is 0.508 e. The molecule has 0 unspecified atom stereocenters. The van der Waals surface area contributed by atoms with Crippen molar-refractivity contribution in [2.45, 2.75) is 52.6 Å². The van der Waals surface area contributed by atoms with Gasteiger partial charge >= 0.3 is 0 Å². The molecule has 0 aliphatic carbocycles. The van der Waals surface area contributed by atoms with Crippen molar-refractivity contribution in [3.8, 4) is 28.4 Å². The third-order valence-electron chi connectivity index (χ3n) is 5.57. The Kier molecular flexibility index (Phi) is 5.66. The number of hydrogen-bond acceptors (Lipinski definition) is 7. The summed E-state index contributed by atoms with van der Waals surface area (Å²) in [7, 11) is 0. The Bertz CT molecular complexity index is 1060. The zero-order valence-corrected chi connectivity index (χ0v) is 18.3. The number of aromatic nitrogens is 3. The number of nitrogens with zero attached hydrogens (tertiary/aromatic N) is 3. The van der Waals surface area contributed by atoms with Crippen LogP contribution in [0.25, 0.3) is 22.6 Å². The van der Waals surface area contributed by atoms with E-state index in [1.807, 2.05) is 20.8 Å². The van der Waals surface area contributed by atoms with E-state index in [4.69, 9.17) is 26.1 Å². The zero-order chi connectivity index (χ0) is 21.4. The average molecular weight is 428 g/mol. The second-order valence-electron chi connectivity index (χ2n) is 7.95. The summed E-state index contributed by atoms with van der Waals surface area (Å²) < 4.78 is 5.39. The van der Waals surface area contributed by atoms with Gasteiger partial charge in [0.1, 0.15) is 17.3 Å². The molecule has 0 amide bonds. The van der Waals surface area contributed by atoms with Crippen LogP contribution in [0.5, 0.6) is 5.75 Å². The lowest BCUT2D eigenvalue weighted by atomic mass is 10.00. The molecule has 1 aliphatic rings. The molecule has 3 aromatic rings. The van der Waals surface area contributed by atoms with Crippen LogP contribution in [-0.4, -0.2) is 38.9 Å². The maximum absolute atomic E-state index is 9.99. The first kappa shape index (κ1) is 20.6. The van der Waals surface area contributed by atoms with Gasteiger partial charge in [-0.15, -0.1) is 0 Å². The average Bonchev–Trinajstić information content (AvgIpc) is 3.04. The lowest BCUT2D eigenvalue weighted by Crippen LogP contribution is -2.41. The zero-order valence-electron chi connectivity index (χ0n) is 17.6. The van der Waals surface area contributed by atoms with E-state index in [0.29, 0.717) is 34.3 Å². The number of phenolic OH excluding ortho intramolecular Hbond substituents is 1. The van der Waals surface area contributed by atoms with E-state index in [0.717, 1.165) is 47.7 Å². The molecule has 2 atom stereocenters. The van der Waals surface area contributed by atoms with Crippen molar-refractivity contribution in [3.05, 3.63) is 40.2 Å². The highest BCUT2D eigenvalue weighted by atomic mass is 35.5. The number of piperidine rings is 1. The van der Waals surface area contributed by atoms with Crippen molar-refractivity contribution in [2.24, 2.45) is 0 Å². The van der Waals surface area contributed by atoms with Gasteiger partial charge in [0.15, 0.2) is 5.82 Å². The van der Waals surface area contributed by atoms with Crippen LogP contribution in [0.15, 0.2) is 22.7 Å². The summed E-state index contributed by atoms with van der Waals surface area (Å²) in [6, 6.07) is 5.53. The summed E-state index contributed by atoms with van der Waals surface area (Å²) in [5, 5.41) is 21.7. The summed E-state index contributed by atoms with van der Waals surface area (Å²) in [5.41, 5.74) is 3.88. The van der Waals surface area contributed by atoms with E-state index >= 15 is 0 Å². The molecule has 3 heterocycles. The van der Waals surface area contributed by atoms with E-state index in [1.165, 1.54) is 0 Å². The highest BCUT2D eigenvalue weighted by molar-refractivity contribution is 6.33. The van der Waals surface area contributed by atoms with E-state index < -0.39 is 0 Å². The Balaban J connectivity index is 1.86. The summed E-state index contributed by atoms with van der Waals surface area (Å²) in [6.45, 7) is 8.93. The summed E-state index contributed by atoms with van der Waals surface area (Å²) in [6.07, 6.45) is 2.02. The molecule has 0 radical (unpaired) electrons. The molecular formula is C22H26ClN5O2. The van der Waals surface area contributed by atoms with Gasteiger partial charge < -0.3 is 20.3 Å². The van der Waals surface area contributed by atoms with Crippen molar-refractivity contribution in [3.63, 3.8) is 0 Å². The molecule has 1 aromatic carbocycles. The number of aromatic hydroxyl groups is 1. The molecule has 4 rings (SSSR count). The standard InChI is InChI=1S/C22H26ClN5O2/c1-11-9-15(7-8-24-11)25-21-12(2)20(19-13(3)28-30-14(19)4)26-22(27-21)17-10-16(29)5-6-18(17)23/h5-6,10-11,15,24,29H,7-9H2,1-4H3,(H,25,26,27)/t11-,15-/m0/s1. The molecule has 7 nitrogen and oxygen atoms in total. The van der Waals surface area contributed by atoms with Crippen LogP contribution in [0.4, 0.5) is 5.82 Å². The number of hydrogen-bond donors (Lipinski definition) is 3. The van der Waals surface area contributed by atoms with Gasteiger partial charge in [-0.25, -0.2) is 9.97 Å². The van der Waals surface area contributed by atoms with Gasteiger partial charge in [-0.2, -0.15) is 0 Å². The van der Waals surface area contributed by atoms with Crippen molar-refractivity contribution in [1.29, 1.82) is 0 Å². The van der Waals surface area contributed by atoms with Gasteiger partial charge in [0.2, 0.25) is 0 Å². The first-order chi connectivity index (χ1) is 14.3. The third kappa shape index (κ3) is 4.00. The minimum absolute atomic E-state index is 0.110. The fraction of sp³-hybridized carbons (Fsp3) is 0.409. The maximum Gasteiger partial charge on any atom is 0.163 e. The van der Waals surface area contributed by atoms with Crippen LogP contribution in [-0.2, 0) is 0 Å². The monoisotopic (exact) mass is 427 g/mol. The molecular weight excluding hydrogens is 402 g/mol. The highest BCUT2D eigenvalue weighted by Gasteiger charge is 2.24. The topological polar surface area (TPSA) is 96.1 Å². The molecule has 1 aliphatic heterocycles. The van der Waals surface area contributed by atoms with Gasteiger partial charge in [-0.05, 0) is 65.3 Å². The number of anilines is 1. The quantitative estimate of drug-likeness (QED) is 0.558. The van der Waals surface area contributed by atoms with Crippen LogP contribution in [0.2, 0.25) is 5.02 Å². The van der Waals surface area contributed by atoms with Crippen LogP contribution in [0.1, 0.15) is 36.8 Å². The third-order valence-corrected chi connectivity index (χ3v) is 5.90. The molecule has 158 valence electrons. The predicted molar refractivity (Wildman–Crippen MR) is 118 cm³/mol. The van der Waals surface area contributed by atoms with Gasteiger partial charge in [-0.3, -0.25) is 0 Å². The first-order valence-corrected chi connectivity index (χ1v) is 10.5. The van der Waals surface area contributed by atoms with Crippen LogP contribution >= 0.6 is 11.6 Å². The smallest absolute Gasteiger partial charge is 0.163 e. The van der Waals surface area contributed by atoms with Crippen LogP contribution < -0.4 is 10.6 Å². The molecule has 8 heteroatoms. The first-order valence-electron chi connectivity index (χ1n) is 10.1. The SMILES string of the molecule is Cc1noc(C)c1-c1nc(-c2cc(O)ccc2Cl)nc(N[C@H]2CCN[C@@H](C)C2)c1C. The Labute approximate surface area is 180 Å². The van der Waals surface area contributed by atoms with E-state index in [9.17, 15) is 5.11 Å². The van der Waals surface area contributed by atoms with E-state index in [1.54, 1.807) is 18.2 Å². The molecule has 30 heavy (non-hydrogen) atoms. The molecule has 0 saturated carbocycles. The predicted octanol–water partition coefficient (Wildman–Crippen LogP) is 4.64. The van der Waals surface area contributed by atoms with Crippen molar-refractivity contribution in [2.75, 3.05) is 11.9 Å². The number of aryl methyl sites for hydroxylation is 2. The van der Waals surface area contributed by atoms with Crippen molar-refractivity contribution < 1.29 is 9.63 Å². The highest BCUT2D eigenvalue weighted by Crippen LogP contribution is 2.36. The number of rotatable bonds is 4. The lowest BCUT2D eigenvalue weighted by Gasteiger charge is -2.29. The second kappa shape index (κ2) is 8.24. The summed E-state index contributed by atoms with van der Waals surface area (Å²) in [5.74, 6) is 2.01. The minimum Gasteiger partial charge on any atom is -0.508 e. The molecule has 1 fully saturated rings. The van der Waals surface area contributed by atoms with Gasteiger partial charge in [0.05, 0.1) is 22.0 Å². The van der Waals surface area contributed by atoms with Crippen LogP contribution in [0, 0.1) is 20.8 Å². The number of halogens is 1. The fourth-order valence-corrected chi connectivity index (χ4v) is 4.19. The molecule has 1 saturated heterocycles. The number of phenols is 1. The fourth-order valence-electron chi connectivity index (χ4n) is 3.98. The van der Waals surface area contributed by atoms with Gasteiger partial charge in [0.25, 0.3) is 0 Å². The molecule has 3 N–H and O–H groups in total. The molecule has 2 aromatic heterocycles. The Morgan fingerprint density at radius 2 is 2.03 bits per heavy atom. The van der Waals surface area contributed by atoms with E-state index in [2.05, 4.69) is 22.7 Å². The van der Waals surface area contributed by atoms with Crippen LogP contribution in [0.3, 0.4) is 0 Å². The van der Waals surface area contributed by atoms with E-state index in [-0.39, 0.29) is 5.75 Å². The summed E-state index contributed by atoms with van der Waals surface area (Å²) >= 11 is 6.42. The van der Waals surface area contributed by atoms with Gasteiger partial charge in [0, 0.05) is 23.2 Å². The number of nitrogens with one attached hydrogen (secondary N) is 2. The normalized spacial score (nSPS) is 19.1. The van der Waals surface area contributed by atoms with Crippen molar-refractivity contribution >= 4 is 17.4 Å².